The van der Waals surface area contributed by atoms with Crippen LogP contribution in [0.5, 0.6) is 0 Å². The van der Waals surface area contributed by atoms with Gasteiger partial charge in [-0.05, 0) is 24.3 Å². The Morgan fingerprint density at radius 3 is 2.86 bits per heavy atom. The molecule has 0 aliphatic carbocycles. The topological polar surface area (TPSA) is 40.5 Å². The number of fused-ring (bicyclic) bond motifs is 1. The summed E-state index contributed by atoms with van der Waals surface area (Å²) >= 11 is 0. The van der Waals surface area contributed by atoms with Crippen LogP contribution in [0.1, 0.15) is 0 Å². The van der Waals surface area contributed by atoms with Crippen LogP contribution in [0.15, 0.2) is 60.1 Å². The first-order valence-corrected chi connectivity index (χ1v) is 4.24. The number of rotatable bonds is 1. The number of nitrogens with zero attached hydrogens (tertiary/aromatic N) is 1. The first-order chi connectivity index (χ1) is 6.77. The molecular weight excluding hydrogens is 178 g/mol. The summed E-state index contributed by atoms with van der Waals surface area (Å²) in [7, 11) is 0. The lowest BCUT2D eigenvalue weighted by Crippen LogP contribution is -2.14. The normalized spacial score (nSPS) is 18.4. The van der Waals surface area contributed by atoms with E-state index in [1.54, 1.807) is 23.3 Å². The largest absolute Gasteiger partial charge is 0.478 e. The van der Waals surface area contributed by atoms with Gasteiger partial charge in [0.15, 0.2) is 0 Å². The van der Waals surface area contributed by atoms with E-state index in [0.717, 1.165) is 5.70 Å². The van der Waals surface area contributed by atoms with Crippen LogP contribution in [0.2, 0.25) is 0 Å². The quantitative estimate of drug-likeness (QED) is 0.680. The molecule has 0 aromatic carbocycles. The molecule has 0 atom stereocenters. The van der Waals surface area contributed by atoms with Crippen LogP contribution < -0.4 is 0 Å². The Morgan fingerprint density at radius 2 is 2.07 bits per heavy atom. The fraction of sp³-hybridized carbons (Fsp3) is 0. The third kappa shape index (κ3) is 1.52. The molecular formula is C11H9NO2. The summed E-state index contributed by atoms with van der Waals surface area (Å²) in [5, 5.41) is 8.79. The molecule has 0 radical (unpaired) electrons. The van der Waals surface area contributed by atoms with Crippen molar-refractivity contribution in [1.29, 1.82) is 0 Å². The van der Waals surface area contributed by atoms with Crippen LogP contribution in [0.25, 0.3) is 0 Å². The van der Waals surface area contributed by atoms with Crippen molar-refractivity contribution in [3.8, 4) is 0 Å². The summed E-state index contributed by atoms with van der Waals surface area (Å²) in [6.45, 7) is 0. The van der Waals surface area contributed by atoms with Gasteiger partial charge in [-0.2, -0.15) is 0 Å². The molecule has 0 saturated heterocycles. The lowest BCUT2D eigenvalue weighted by molar-refractivity contribution is -0.132. The number of aliphatic carboxylic acids is 1. The smallest absolute Gasteiger partial charge is 0.337 e. The predicted octanol–water partition coefficient (Wildman–Crippen LogP) is 1.79. The highest BCUT2D eigenvalue weighted by molar-refractivity contribution is 5.90. The fourth-order valence-corrected chi connectivity index (χ4v) is 1.29. The van der Waals surface area contributed by atoms with Crippen LogP contribution >= 0.6 is 0 Å². The minimum Gasteiger partial charge on any atom is -0.478 e. The number of carbonyl (C=O) groups is 1. The van der Waals surface area contributed by atoms with Crippen LogP contribution in [-0.2, 0) is 4.79 Å². The highest BCUT2D eigenvalue weighted by Crippen LogP contribution is 2.19. The molecule has 0 bridgehead atoms. The van der Waals surface area contributed by atoms with E-state index >= 15 is 0 Å². The Morgan fingerprint density at radius 1 is 1.21 bits per heavy atom. The zero-order valence-corrected chi connectivity index (χ0v) is 7.42. The molecule has 0 aromatic heterocycles. The van der Waals surface area contributed by atoms with Crippen molar-refractivity contribution in [2.24, 2.45) is 0 Å². The van der Waals surface area contributed by atoms with E-state index in [1.165, 1.54) is 0 Å². The molecule has 0 saturated carbocycles. The van der Waals surface area contributed by atoms with Gasteiger partial charge in [0.25, 0.3) is 0 Å². The first-order valence-electron chi connectivity index (χ1n) is 4.24. The van der Waals surface area contributed by atoms with Crippen LogP contribution in [0.4, 0.5) is 0 Å². The molecule has 2 aliphatic rings. The summed E-state index contributed by atoms with van der Waals surface area (Å²) in [4.78, 5) is 12.5. The van der Waals surface area contributed by atoms with Gasteiger partial charge in [0.05, 0.1) is 5.57 Å². The summed E-state index contributed by atoms with van der Waals surface area (Å²) < 4.78 is 0. The summed E-state index contributed by atoms with van der Waals surface area (Å²) in [6.07, 6.45) is 14.4. The van der Waals surface area contributed by atoms with Crippen molar-refractivity contribution in [2.45, 2.75) is 0 Å². The van der Waals surface area contributed by atoms with Gasteiger partial charge < -0.3 is 10.0 Å². The molecule has 2 rings (SSSR count). The monoisotopic (exact) mass is 187 g/mol. The van der Waals surface area contributed by atoms with Gasteiger partial charge >= 0.3 is 5.97 Å². The van der Waals surface area contributed by atoms with Crippen molar-refractivity contribution in [3.05, 3.63) is 60.1 Å². The maximum absolute atomic E-state index is 10.7. The lowest BCUT2D eigenvalue weighted by atomic mass is 10.1. The van der Waals surface area contributed by atoms with Crippen molar-refractivity contribution < 1.29 is 9.90 Å². The standard InChI is InChI=1S/C11H9NO2/c13-11(14)9-5-6-10-4-2-1-3-7-12(10)8-9/h1-8H,(H,13,14). The average molecular weight is 187 g/mol. The zero-order chi connectivity index (χ0) is 9.97. The molecule has 70 valence electrons. The maximum atomic E-state index is 10.7. The lowest BCUT2D eigenvalue weighted by Gasteiger charge is -2.19. The summed E-state index contributed by atoms with van der Waals surface area (Å²) in [6, 6.07) is 0. The van der Waals surface area contributed by atoms with E-state index in [-0.39, 0.29) is 5.57 Å². The van der Waals surface area contributed by atoms with E-state index in [9.17, 15) is 4.79 Å². The SMILES string of the molecule is O=C(O)C1=CN2C=CC=CC=C2C=C1. The molecule has 0 aromatic rings. The molecule has 0 amide bonds. The van der Waals surface area contributed by atoms with E-state index < -0.39 is 5.97 Å². The van der Waals surface area contributed by atoms with Crippen molar-refractivity contribution in [2.75, 3.05) is 0 Å². The van der Waals surface area contributed by atoms with E-state index in [1.807, 2.05) is 30.5 Å². The van der Waals surface area contributed by atoms with Gasteiger partial charge in [0.1, 0.15) is 0 Å². The Kier molecular flexibility index (Phi) is 2.07. The van der Waals surface area contributed by atoms with Gasteiger partial charge in [-0.1, -0.05) is 12.2 Å². The molecule has 2 aliphatic heterocycles. The second kappa shape index (κ2) is 3.38. The molecule has 0 spiro atoms. The molecule has 1 N–H and O–H groups in total. The van der Waals surface area contributed by atoms with Gasteiger partial charge in [0, 0.05) is 18.1 Å². The van der Waals surface area contributed by atoms with Crippen molar-refractivity contribution >= 4 is 5.97 Å². The third-order valence-corrected chi connectivity index (χ3v) is 1.99. The molecule has 2 heterocycles. The van der Waals surface area contributed by atoms with Gasteiger partial charge in [-0.25, -0.2) is 4.79 Å². The Hall–Kier alpha value is -2.03. The number of carboxylic acid groups (broad SMARTS) is 1. The summed E-state index contributed by atoms with van der Waals surface area (Å²) in [5.41, 5.74) is 1.24. The van der Waals surface area contributed by atoms with Gasteiger partial charge in [-0.15, -0.1) is 0 Å². The minimum atomic E-state index is -0.911. The van der Waals surface area contributed by atoms with Gasteiger partial charge in [-0.3, -0.25) is 0 Å². The van der Waals surface area contributed by atoms with Crippen LogP contribution in [0, 0.1) is 0 Å². The number of hydrogen-bond acceptors (Lipinski definition) is 2. The van der Waals surface area contributed by atoms with E-state index in [2.05, 4.69) is 0 Å². The maximum Gasteiger partial charge on any atom is 0.337 e. The average Bonchev–Trinajstić information content (AvgIpc) is 2.41. The number of allylic oxidation sites excluding steroid dienone is 5. The molecule has 0 fully saturated rings. The second-order valence-corrected chi connectivity index (χ2v) is 2.95. The third-order valence-electron chi connectivity index (χ3n) is 1.99. The van der Waals surface area contributed by atoms with Crippen molar-refractivity contribution in [3.63, 3.8) is 0 Å². The van der Waals surface area contributed by atoms with E-state index in [4.69, 9.17) is 5.11 Å². The number of carboxylic acids is 1. The molecule has 3 heteroatoms. The van der Waals surface area contributed by atoms with Gasteiger partial charge in [0.2, 0.25) is 0 Å². The Labute approximate surface area is 81.6 Å². The molecule has 0 unspecified atom stereocenters. The minimum absolute atomic E-state index is 0.286. The first kappa shape index (κ1) is 8.56. The molecule has 3 nitrogen and oxygen atoms in total. The highest BCUT2D eigenvalue weighted by atomic mass is 16.4. The Balaban J connectivity index is 2.36. The summed E-state index contributed by atoms with van der Waals surface area (Å²) in [5.74, 6) is -0.911. The second-order valence-electron chi connectivity index (χ2n) is 2.95. The van der Waals surface area contributed by atoms with Crippen LogP contribution in [-0.4, -0.2) is 16.0 Å². The predicted molar refractivity (Wildman–Crippen MR) is 53.1 cm³/mol. The fourth-order valence-electron chi connectivity index (χ4n) is 1.29. The molecule has 14 heavy (non-hydrogen) atoms. The van der Waals surface area contributed by atoms with Crippen LogP contribution in [0.3, 0.4) is 0 Å². The Bertz CT molecular complexity index is 411. The van der Waals surface area contributed by atoms with E-state index in [0.29, 0.717) is 0 Å². The number of hydrogen-bond donors (Lipinski definition) is 1. The zero-order valence-electron chi connectivity index (χ0n) is 7.42. The van der Waals surface area contributed by atoms with Crippen molar-refractivity contribution in [1.82, 2.24) is 4.90 Å². The highest BCUT2D eigenvalue weighted by Gasteiger charge is 2.12.